The fourth-order valence-electron chi connectivity index (χ4n) is 3.46. The van der Waals surface area contributed by atoms with Crippen molar-refractivity contribution < 1.29 is 14.3 Å². The van der Waals surface area contributed by atoms with Crippen molar-refractivity contribution in [2.75, 3.05) is 38.2 Å². The summed E-state index contributed by atoms with van der Waals surface area (Å²) in [5, 5.41) is 0. The van der Waals surface area contributed by atoms with Crippen LogP contribution in [0.4, 0.5) is 5.69 Å². The Balaban J connectivity index is 1.56. The van der Waals surface area contributed by atoms with Crippen molar-refractivity contribution in [3.8, 4) is 11.5 Å². The van der Waals surface area contributed by atoms with E-state index in [1.54, 1.807) is 7.11 Å². The number of nitrogens with zero attached hydrogens (tertiary/aromatic N) is 2. The van der Waals surface area contributed by atoms with Crippen LogP contribution in [0.15, 0.2) is 48.5 Å². The van der Waals surface area contributed by atoms with Gasteiger partial charge in [0.1, 0.15) is 11.5 Å². The van der Waals surface area contributed by atoms with Gasteiger partial charge in [-0.2, -0.15) is 0 Å². The first kappa shape index (κ1) is 20.1. The molecule has 5 heteroatoms. The molecule has 3 rings (SSSR count). The van der Waals surface area contributed by atoms with Gasteiger partial charge in [0.15, 0.2) is 6.10 Å². The molecule has 0 saturated carbocycles. The lowest BCUT2D eigenvalue weighted by atomic mass is 10.1. The summed E-state index contributed by atoms with van der Waals surface area (Å²) in [5.74, 6) is 1.69. The van der Waals surface area contributed by atoms with Crippen molar-refractivity contribution >= 4 is 11.6 Å². The number of hydrogen-bond donors (Lipinski definition) is 0. The van der Waals surface area contributed by atoms with E-state index in [1.807, 2.05) is 36.1 Å². The number of amides is 1. The summed E-state index contributed by atoms with van der Waals surface area (Å²) < 4.78 is 11.2. The summed E-state index contributed by atoms with van der Waals surface area (Å²) in [4.78, 5) is 17.2. The van der Waals surface area contributed by atoms with Crippen molar-refractivity contribution in [2.24, 2.45) is 0 Å². The van der Waals surface area contributed by atoms with E-state index in [9.17, 15) is 4.79 Å². The Kier molecular flexibility index (Phi) is 6.80. The Morgan fingerprint density at radius 3 is 2.07 bits per heavy atom. The first-order chi connectivity index (χ1) is 13.6. The molecule has 1 heterocycles. The molecule has 150 valence electrons. The number of ether oxygens (including phenoxy) is 2. The molecule has 0 bridgehead atoms. The van der Waals surface area contributed by atoms with Gasteiger partial charge >= 0.3 is 0 Å². The van der Waals surface area contributed by atoms with Crippen LogP contribution in [-0.2, 0) is 11.2 Å². The normalized spacial score (nSPS) is 15.2. The lowest BCUT2D eigenvalue weighted by Gasteiger charge is -2.37. The molecular formula is C23H30N2O3. The monoisotopic (exact) mass is 382 g/mol. The van der Waals surface area contributed by atoms with Crippen molar-refractivity contribution in [1.82, 2.24) is 4.90 Å². The number of aryl methyl sites for hydroxylation is 1. The van der Waals surface area contributed by atoms with E-state index in [0.717, 1.165) is 36.7 Å². The molecule has 0 spiro atoms. The minimum Gasteiger partial charge on any atom is -0.497 e. The third kappa shape index (κ3) is 4.77. The quantitative estimate of drug-likeness (QED) is 0.731. The van der Waals surface area contributed by atoms with Gasteiger partial charge in [-0.1, -0.05) is 26.0 Å². The smallest absolute Gasteiger partial charge is 0.263 e. The van der Waals surface area contributed by atoms with Crippen LogP contribution in [0.1, 0.15) is 25.8 Å². The van der Waals surface area contributed by atoms with Crippen LogP contribution in [0, 0.1) is 0 Å². The Hall–Kier alpha value is -2.69. The number of rotatable bonds is 7. The number of carbonyl (C=O) groups excluding carboxylic acids is 1. The molecule has 2 aromatic rings. The van der Waals surface area contributed by atoms with Crippen molar-refractivity contribution in [3.63, 3.8) is 0 Å². The highest BCUT2D eigenvalue weighted by atomic mass is 16.5. The van der Waals surface area contributed by atoms with Crippen LogP contribution in [-0.4, -0.2) is 50.2 Å². The zero-order valence-electron chi connectivity index (χ0n) is 17.1. The highest BCUT2D eigenvalue weighted by Gasteiger charge is 2.28. The summed E-state index contributed by atoms with van der Waals surface area (Å²) in [7, 11) is 1.67. The third-order valence-electron chi connectivity index (χ3n) is 5.29. The van der Waals surface area contributed by atoms with E-state index in [2.05, 4.69) is 36.1 Å². The molecule has 1 aliphatic rings. The topological polar surface area (TPSA) is 42.0 Å². The van der Waals surface area contributed by atoms with Crippen LogP contribution >= 0.6 is 0 Å². The van der Waals surface area contributed by atoms with Crippen LogP contribution in [0.2, 0.25) is 0 Å². The minimum absolute atomic E-state index is 0.0800. The van der Waals surface area contributed by atoms with Crippen molar-refractivity contribution in [3.05, 3.63) is 54.1 Å². The second-order valence-electron chi connectivity index (χ2n) is 7.02. The first-order valence-electron chi connectivity index (χ1n) is 10.1. The average Bonchev–Trinajstić information content (AvgIpc) is 2.77. The molecule has 0 aromatic heterocycles. The maximum absolute atomic E-state index is 12.9. The van der Waals surface area contributed by atoms with E-state index >= 15 is 0 Å². The Morgan fingerprint density at radius 1 is 0.929 bits per heavy atom. The molecule has 28 heavy (non-hydrogen) atoms. The molecule has 0 aliphatic carbocycles. The molecule has 1 amide bonds. The summed E-state index contributed by atoms with van der Waals surface area (Å²) in [6.07, 6.45) is 1.22. The minimum atomic E-state index is -0.431. The van der Waals surface area contributed by atoms with Crippen molar-refractivity contribution in [1.29, 1.82) is 0 Å². The fraction of sp³-hybridized carbons (Fsp3) is 0.435. The van der Waals surface area contributed by atoms with Crippen LogP contribution in [0.25, 0.3) is 0 Å². The van der Waals surface area contributed by atoms with E-state index < -0.39 is 6.10 Å². The highest BCUT2D eigenvalue weighted by Crippen LogP contribution is 2.21. The van der Waals surface area contributed by atoms with E-state index in [4.69, 9.17) is 9.47 Å². The van der Waals surface area contributed by atoms with Crippen LogP contribution < -0.4 is 14.4 Å². The molecule has 5 nitrogen and oxygen atoms in total. The summed E-state index contributed by atoms with van der Waals surface area (Å²) in [6, 6.07) is 16.1. The first-order valence-corrected chi connectivity index (χ1v) is 10.1. The molecule has 1 saturated heterocycles. The van der Waals surface area contributed by atoms with Gasteiger partial charge in [0, 0.05) is 31.9 Å². The molecule has 1 atom stereocenters. The maximum Gasteiger partial charge on any atom is 0.263 e. The number of benzene rings is 2. The Morgan fingerprint density at radius 2 is 1.54 bits per heavy atom. The fourth-order valence-corrected chi connectivity index (χ4v) is 3.46. The van der Waals surface area contributed by atoms with E-state index in [-0.39, 0.29) is 5.91 Å². The second kappa shape index (κ2) is 9.49. The molecule has 2 aromatic carbocycles. The molecule has 1 aliphatic heterocycles. The zero-order chi connectivity index (χ0) is 19.9. The van der Waals surface area contributed by atoms with Gasteiger partial charge in [-0.25, -0.2) is 0 Å². The van der Waals surface area contributed by atoms with E-state index in [0.29, 0.717) is 19.5 Å². The number of hydrogen-bond acceptors (Lipinski definition) is 4. The van der Waals surface area contributed by atoms with Gasteiger partial charge < -0.3 is 19.3 Å². The van der Waals surface area contributed by atoms with Crippen LogP contribution in [0.3, 0.4) is 0 Å². The summed E-state index contributed by atoms with van der Waals surface area (Å²) in [6.45, 7) is 7.18. The Bertz CT molecular complexity index is 750. The largest absolute Gasteiger partial charge is 0.497 e. The molecule has 1 fully saturated rings. The predicted molar refractivity (Wildman–Crippen MR) is 112 cm³/mol. The highest BCUT2D eigenvalue weighted by molar-refractivity contribution is 5.81. The van der Waals surface area contributed by atoms with Gasteiger partial charge in [-0.3, -0.25) is 4.79 Å². The Labute approximate surface area is 167 Å². The predicted octanol–water partition coefficient (Wildman–Crippen LogP) is 3.76. The van der Waals surface area contributed by atoms with Crippen molar-refractivity contribution in [2.45, 2.75) is 32.8 Å². The summed E-state index contributed by atoms with van der Waals surface area (Å²) >= 11 is 0. The zero-order valence-corrected chi connectivity index (χ0v) is 17.1. The maximum atomic E-state index is 12.9. The average molecular weight is 383 g/mol. The summed E-state index contributed by atoms with van der Waals surface area (Å²) in [5.41, 5.74) is 2.42. The van der Waals surface area contributed by atoms with Gasteiger partial charge in [-0.15, -0.1) is 0 Å². The SMILES string of the molecule is CCc1ccc(OC(CC)C(=O)N2CCN(c3ccc(OC)cc3)CC2)cc1. The van der Waals surface area contributed by atoms with Crippen LogP contribution in [0.5, 0.6) is 11.5 Å². The van der Waals surface area contributed by atoms with Gasteiger partial charge in [0.25, 0.3) is 5.91 Å². The number of anilines is 1. The van der Waals surface area contributed by atoms with Gasteiger partial charge in [0.2, 0.25) is 0 Å². The number of carbonyl (C=O) groups is 1. The standard InChI is InChI=1S/C23H30N2O3/c1-4-18-6-10-21(11-7-18)28-22(5-2)23(26)25-16-14-24(15-17-25)19-8-12-20(27-3)13-9-19/h6-13,22H,4-5,14-17H2,1-3H3. The second-order valence-corrected chi connectivity index (χ2v) is 7.02. The lowest BCUT2D eigenvalue weighted by molar-refractivity contribution is -0.139. The number of methoxy groups -OCH3 is 1. The number of piperazine rings is 1. The molecule has 0 radical (unpaired) electrons. The molecule has 1 unspecified atom stereocenters. The molecular weight excluding hydrogens is 352 g/mol. The van der Waals surface area contributed by atoms with Gasteiger partial charge in [0.05, 0.1) is 7.11 Å². The third-order valence-corrected chi connectivity index (χ3v) is 5.29. The van der Waals surface area contributed by atoms with E-state index in [1.165, 1.54) is 5.56 Å². The van der Waals surface area contributed by atoms with Gasteiger partial charge in [-0.05, 0) is 54.8 Å². The lowest BCUT2D eigenvalue weighted by Crippen LogP contribution is -2.52. The molecule has 0 N–H and O–H groups in total.